The highest BCUT2D eigenvalue weighted by molar-refractivity contribution is 7.15. The standard InChI is InChI=1S/C42H46ClN7O4S/c1-23(2)39-41(53)45-32(21-51)17-30-13-16-33(18-35(30)49(39)6)54-22-28-9-7-27(8-10-28)20-44-36(52)19-34-40-48-47-26(5)50(40)42-37(24(3)25(4)55-42)38(46-34)29-11-14-31(43)15-12-29/h7-16,18,23,32,34,39,51H,17,19-22H2,1-6H3,(H,44,52)(H,45,53)/t32?,34?,39-/m0/s1. The van der Waals surface area contributed by atoms with E-state index in [2.05, 4.69) is 34.7 Å². The maximum atomic E-state index is 13.5. The molecule has 0 bridgehead atoms. The van der Waals surface area contributed by atoms with Gasteiger partial charge < -0.3 is 25.4 Å². The number of ether oxygens (including phenoxy) is 1. The number of anilines is 1. The molecule has 0 radical (unpaired) electrons. The van der Waals surface area contributed by atoms with E-state index in [0.29, 0.717) is 36.2 Å². The van der Waals surface area contributed by atoms with Crippen molar-refractivity contribution in [1.29, 1.82) is 0 Å². The second-order valence-corrected chi connectivity index (χ2v) is 16.3. The van der Waals surface area contributed by atoms with Crippen LogP contribution in [0.15, 0.2) is 71.7 Å². The van der Waals surface area contributed by atoms with Crippen LogP contribution in [0.4, 0.5) is 5.69 Å². The van der Waals surface area contributed by atoms with Crippen molar-refractivity contribution in [1.82, 2.24) is 25.4 Å². The van der Waals surface area contributed by atoms with Crippen LogP contribution in [0.3, 0.4) is 0 Å². The number of benzene rings is 3. The van der Waals surface area contributed by atoms with Crippen LogP contribution in [0.5, 0.6) is 5.75 Å². The zero-order valence-corrected chi connectivity index (χ0v) is 33.5. The number of carbonyl (C=O) groups is 2. The minimum Gasteiger partial charge on any atom is -0.489 e. The lowest BCUT2D eigenvalue weighted by atomic mass is 9.95. The number of fused-ring (bicyclic) bond motifs is 4. The highest BCUT2D eigenvalue weighted by atomic mass is 35.5. The van der Waals surface area contributed by atoms with Gasteiger partial charge in [-0.05, 0) is 73.6 Å². The number of aliphatic hydroxyl groups excluding tert-OH is 1. The molecule has 2 unspecified atom stereocenters. The van der Waals surface area contributed by atoms with E-state index >= 15 is 0 Å². The van der Waals surface area contributed by atoms with Crippen molar-refractivity contribution in [3.63, 3.8) is 0 Å². The molecule has 0 fully saturated rings. The van der Waals surface area contributed by atoms with Gasteiger partial charge in [-0.15, -0.1) is 21.5 Å². The number of likely N-dealkylation sites (N-methyl/N-ethyl adjacent to an activating group) is 1. The molecule has 2 aromatic heterocycles. The van der Waals surface area contributed by atoms with E-state index in [9.17, 15) is 14.7 Å². The third-order valence-corrected chi connectivity index (χ3v) is 11.9. The second kappa shape index (κ2) is 16.0. The molecule has 11 nitrogen and oxygen atoms in total. The summed E-state index contributed by atoms with van der Waals surface area (Å²) >= 11 is 7.93. The normalized spacial score (nSPS) is 18.0. The number of aliphatic imine (C=N–C) groups is 1. The fourth-order valence-electron chi connectivity index (χ4n) is 7.42. The molecule has 3 atom stereocenters. The number of nitrogens with one attached hydrogen (secondary N) is 2. The first-order valence-electron chi connectivity index (χ1n) is 18.5. The molecule has 2 aliphatic rings. The lowest BCUT2D eigenvalue weighted by Gasteiger charge is -2.37. The van der Waals surface area contributed by atoms with Crippen LogP contribution in [-0.4, -0.2) is 63.1 Å². The maximum absolute atomic E-state index is 13.5. The van der Waals surface area contributed by atoms with Crippen molar-refractivity contribution in [3.05, 3.63) is 122 Å². The average Bonchev–Trinajstić information content (AvgIpc) is 3.64. The Morgan fingerprint density at radius 3 is 2.49 bits per heavy atom. The monoisotopic (exact) mass is 779 g/mol. The van der Waals surface area contributed by atoms with Crippen LogP contribution in [0.25, 0.3) is 5.00 Å². The Balaban J connectivity index is 1.02. The highest BCUT2D eigenvalue weighted by Gasteiger charge is 2.34. The summed E-state index contributed by atoms with van der Waals surface area (Å²) in [7, 11) is 1.93. The molecular weight excluding hydrogens is 734 g/mol. The van der Waals surface area contributed by atoms with Crippen LogP contribution in [0, 0.1) is 26.7 Å². The second-order valence-electron chi connectivity index (χ2n) is 14.7. The number of hydrogen-bond acceptors (Lipinski definition) is 9. The number of aliphatic hydroxyl groups is 1. The van der Waals surface area contributed by atoms with Crippen molar-refractivity contribution in [2.45, 2.75) is 78.7 Å². The summed E-state index contributed by atoms with van der Waals surface area (Å²) < 4.78 is 8.26. The number of aryl methyl sites for hydroxylation is 2. The molecule has 4 heterocycles. The van der Waals surface area contributed by atoms with Crippen LogP contribution < -0.4 is 20.3 Å². The van der Waals surface area contributed by atoms with E-state index in [1.54, 1.807) is 11.3 Å². The van der Waals surface area contributed by atoms with E-state index in [1.807, 2.05) is 104 Å². The number of halogens is 1. The number of amides is 2. The topological polar surface area (TPSA) is 134 Å². The van der Waals surface area contributed by atoms with Crippen molar-refractivity contribution >= 4 is 46.2 Å². The molecule has 0 saturated heterocycles. The van der Waals surface area contributed by atoms with Crippen molar-refractivity contribution < 1.29 is 19.4 Å². The van der Waals surface area contributed by atoms with E-state index < -0.39 is 6.04 Å². The Morgan fingerprint density at radius 2 is 1.78 bits per heavy atom. The third-order valence-electron chi connectivity index (χ3n) is 10.4. The molecule has 2 amide bonds. The Hall–Kier alpha value is -5.04. The van der Waals surface area contributed by atoms with E-state index in [-0.39, 0.29) is 42.8 Å². The fourth-order valence-corrected chi connectivity index (χ4v) is 8.76. The summed E-state index contributed by atoms with van der Waals surface area (Å²) in [6.07, 6.45) is 0.632. The summed E-state index contributed by atoms with van der Waals surface area (Å²) in [5.74, 6) is 1.91. The van der Waals surface area contributed by atoms with Gasteiger partial charge in [0.15, 0.2) is 5.82 Å². The summed E-state index contributed by atoms with van der Waals surface area (Å²) in [5.41, 5.74) is 7.79. The lowest BCUT2D eigenvalue weighted by molar-refractivity contribution is -0.124. The first-order valence-corrected chi connectivity index (χ1v) is 19.7. The largest absolute Gasteiger partial charge is 0.489 e. The number of carbonyl (C=O) groups excluding carboxylic acids is 2. The summed E-state index contributed by atoms with van der Waals surface area (Å²) in [6, 6.07) is 20.3. The summed E-state index contributed by atoms with van der Waals surface area (Å²) in [4.78, 5) is 35.0. The van der Waals surface area contributed by atoms with E-state index in [0.717, 1.165) is 55.6 Å². The van der Waals surface area contributed by atoms with Crippen LogP contribution in [0.2, 0.25) is 5.02 Å². The highest BCUT2D eigenvalue weighted by Crippen LogP contribution is 2.40. The lowest BCUT2D eigenvalue weighted by Crippen LogP contribution is -2.54. The SMILES string of the molecule is Cc1sc2c(c1C)C(c1ccc(Cl)cc1)=NC(CC(=O)NCc1ccc(COc3ccc4c(c3)N(C)[C@@H](C(C)C)C(=O)NC(CO)C4)cc1)c1nnc(C)n1-2. The molecule has 55 heavy (non-hydrogen) atoms. The fraction of sp³-hybridized carbons (Fsp3) is 0.357. The van der Waals surface area contributed by atoms with Crippen LogP contribution in [-0.2, 0) is 29.2 Å². The number of hydrogen-bond donors (Lipinski definition) is 3. The van der Waals surface area contributed by atoms with Crippen LogP contribution in [0.1, 0.15) is 76.2 Å². The first-order chi connectivity index (χ1) is 26.4. The van der Waals surface area contributed by atoms with Gasteiger partial charge in [0.1, 0.15) is 35.3 Å². The van der Waals surface area contributed by atoms with Gasteiger partial charge in [-0.2, -0.15) is 0 Å². The number of nitrogens with zero attached hydrogens (tertiary/aromatic N) is 5. The number of rotatable bonds is 10. The van der Waals surface area contributed by atoms with Crippen molar-refractivity contribution in [3.8, 4) is 10.8 Å². The number of aromatic nitrogens is 3. The molecule has 3 aromatic carbocycles. The molecule has 286 valence electrons. The predicted octanol–water partition coefficient (Wildman–Crippen LogP) is 6.58. The van der Waals surface area contributed by atoms with Gasteiger partial charge in [-0.3, -0.25) is 19.1 Å². The Morgan fingerprint density at radius 1 is 1.05 bits per heavy atom. The van der Waals surface area contributed by atoms with Crippen molar-refractivity contribution in [2.24, 2.45) is 10.9 Å². The van der Waals surface area contributed by atoms with Gasteiger partial charge >= 0.3 is 0 Å². The molecule has 5 aromatic rings. The molecule has 0 saturated carbocycles. The van der Waals surface area contributed by atoms with Gasteiger partial charge in [0.25, 0.3) is 0 Å². The molecule has 7 rings (SSSR count). The smallest absolute Gasteiger partial charge is 0.243 e. The third kappa shape index (κ3) is 7.89. The van der Waals surface area contributed by atoms with Gasteiger partial charge in [-0.25, -0.2) is 0 Å². The molecule has 2 aliphatic heterocycles. The molecule has 3 N–H and O–H groups in total. The minimum atomic E-state index is -0.549. The van der Waals surface area contributed by atoms with Gasteiger partial charge in [0, 0.05) is 46.4 Å². The predicted molar refractivity (Wildman–Crippen MR) is 217 cm³/mol. The number of thiophene rings is 1. The van der Waals surface area contributed by atoms with E-state index in [1.165, 1.54) is 4.88 Å². The Kier molecular flexibility index (Phi) is 11.1. The van der Waals surface area contributed by atoms with Crippen LogP contribution >= 0.6 is 22.9 Å². The Labute approximate surface area is 330 Å². The van der Waals surface area contributed by atoms with Gasteiger partial charge in [0.2, 0.25) is 11.8 Å². The molecule has 13 heteroatoms. The molecular formula is C42H46ClN7O4S. The minimum absolute atomic E-state index is 0.0656. The first kappa shape index (κ1) is 38.2. The molecule has 0 aliphatic carbocycles. The van der Waals surface area contributed by atoms with Crippen molar-refractivity contribution in [2.75, 3.05) is 18.6 Å². The van der Waals surface area contributed by atoms with Gasteiger partial charge in [0.05, 0.1) is 24.8 Å². The van der Waals surface area contributed by atoms with Gasteiger partial charge in [-0.1, -0.05) is 67.9 Å². The molecule has 0 spiro atoms. The zero-order chi connectivity index (χ0) is 39.0. The quantitative estimate of drug-likeness (QED) is 0.146. The summed E-state index contributed by atoms with van der Waals surface area (Å²) in [5, 5.41) is 26.5. The zero-order valence-electron chi connectivity index (χ0n) is 31.9. The summed E-state index contributed by atoms with van der Waals surface area (Å²) in [6.45, 7) is 10.8. The van der Waals surface area contributed by atoms with E-state index in [4.69, 9.17) is 21.3 Å². The maximum Gasteiger partial charge on any atom is 0.243 e. The Bertz CT molecular complexity index is 2250. The average molecular weight is 780 g/mol.